The summed E-state index contributed by atoms with van der Waals surface area (Å²) >= 11 is 0. The molecule has 120 valence electrons. The number of phenolic OH excluding ortho intramolecular Hbond substituents is 1. The van der Waals surface area contributed by atoms with Crippen molar-refractivity contribution in [2.24, 2.45) is 0 Å². The summed E-state index contributed by atoms with van der Waals surface area (Å²) < 4.78 is 22.7. The molecule has 0 amide bonds. The molecule has 0 bridgehead atoms. The second-order valence-electron chi connectivity index (χ2n) is 5.46. The fraction of sp³-hybridized carbons (Fsp3) is 0.571. The van der Waals surface area contributed by atoms with E-state index in [9.17, 15) is 18.6 Å². The minimum Gasteiger partial charge on any atom is -0.508 e. The van der Waals surface area contributed by atoms with Crippen molar-refractivity contribution >= 4 is 26.8 Å². The molecule has 0 aromatic heterocycles. The van der Waals surface area contributed by atoms with E-state index in [0.29, 0.717) is 11.1 Å². The van der Waals surface area contributed by atoms with Gasteiger partial charge in [-0.1, -0.05) is 12.5 Å². The van der Waals surface area contributed by atoms with Crippen LogP contribution in [0.3, 0.4) is 0 Å². The first-order chi connectivity index (χ1) is 9.37. The van der Waals surface area contributed by atoms with E-state index in [1.165, 1.54) is 6.07 Å². The molecule has 1 aromatic carbocycles. The number of sulfone groups is 1. The molecule has 21 heavy (non-hydrogen) atoms. The van der Waals surface area contributed by atoms with Gasteiger partial charge in [0.05, 0.1) is 11.9 Å². The number of halogens is 1. The third-order valence-electron chi connectivity index (χ3n) is 3.59. The van der Waals surface area contributed by atoms with Gasteiger partial charge in [-0.05, 0) is 37.1 Å². The Labute approximate surface area is 136 Å². The Morgan fingerprint density at radius 3 is 2.67 bits per heavy atom. The van der Waals surface area contributed by atoms with Gasteiger partial charge in [0.25, 0.3) is 0 Å². The minimum atomic E-state index is -3.22. The van der Waals surface area contributed by atoms with Crippen molar-refractivity contribution < 1.29 is 18.6 Å². The van der Waals surface area contributed by atoms with Gasteiger partial charge in [0.15, 0.2) is 9.84 Å². The highest BCUT2D eigenvalue weighted by Gasteiger charge is 2.23. The molecule has 3 N–H and O–H groups in total. The van der Waals surface area contributed by atoms with Gasteiger partial charge >= 0.3 is 0 Å². The molecular weight excluding hydrogens is 358 g/mol. The fourth-order valence-electron chi connectivity index (χ4n) is 2.57. The fourth-order valence-corrected chi connectivity index (χ4v) is 3.36. The van der Waals surface area contributed by atoms with Crippen LogP contribution in [-0.2, 0) is 15.6 Å². The average Bonchev–Trinajstić information content (AvgIpc) is 2.40. The van der Waals surface area contributed by atoms with E-state index in [4.69, 9.17) is 0 Å². The van der Waals surface area contributed by atoms with Crippen LogP contribution >= 0.6 is 17.0 Å². The van der Waals surface area contributed by atoms with Crippen LogP contribution in [-0.4, -0.2) is 37.5 Å². The molecule has 2 rings (SSSR count). The lowest BCUT2D eigenvalue weighted by atomic mass is 9.94. The molecule has 1 heterocycles. The number of nitrogens with one attached hydrogen (secondary N) is 1. The van der Waals surface area contributed by atoms with Gasteiger partial charge in [0, 0.05) is 17.9 Å². The van der Waals surface area contributed by atoms with Crippen LogP contribution in [0.5, 0.6) is 5.75 Å². The highest BCUT2D eigenvalue weighted by atomic mass is 79.9. The topological polar surface area (TPSA) is 86.6 Å². The predicted molar refractivity (Wildman–Crippen MR) is 87.6 cm³/mol. The van der Waals surface area contributed by atoms with Crippen molar-refractivity contribution in [1.82, 2.24) is 5.32 Å². The lowest BCUT2D eigenvalue weighted by molar-refractivity contribution is 0.114. The molecule has 0 aliphatic carbocycles. The number of piperidine rings is 1. The lowest BCUT2D eigenvalue weighted by Crippen LogP contribution is -2.38. The molecule has 1 aromatic rings. The zero-order valence-electron chi connectivity index (χ0n) is 11.9. The van der Waals surface area contributed by atoms with Gasteiger partial charge in [0.2, 0.25) is 0 Å². The number of hydrogen-bond acceptors (Lipinski definition) is 5. The van der Waals surface area contributed by atoms with Crippen molar-refractivity contribution in [3.8, 4) is 5.75 Å². The normalized spacial score (nSPS) is 20.6. The van der Waals surface area contributed by atoms with Crippen molar-refractivity contribution in [3.05, 3.63) is 29.3 Å². The van der Waals surface area contributed by atoms with Gasteiger partial charge in [-0.15, -0.1) is 17.0 Å². The van der Waals surface area contributed by atoms with E-state index in [2.05, 4.69) is 5.32 Å². The van der Waals surface area contributed by atoms with Crippen LogP contribution in [0.1, 0.15) is 36.5 Å². The molecule has 0 radical (unpaired) electrons. The zero-order chi connectivity index (χ0) is 14.8. The number of hydrogen-bond donors (Lipinski definition) is 3. The first-order valence-electron chi connectivity index (χ1n) is 6.78. The number of aliphatic hydroxyl groups excluding tert-OH is 1. The number of rotatable bonds is 4. The summed E-state index contributed by atoms with van der Waals surface area (Å²) in [6.07, 6.45) is 3.51. The SMILES string of the molecule is Br.CS(=O)(=O)Cc1cc(C(O)C2CCCCN2)ccc1O. The maximum absolute atomic E-state index is 11.3. The summed E-state index contributed by atoms with van der Waals surface area (Å²) in [7, 11) is -3.22. The van der Waals surface area contributed by atoms with E-state index >= 15 is 0 Å². The van der Waals surface area contributed by atoms with E-state index < -0.39 is 15.9 Å². The Hall–Kier alpha value is -0.630. The molecule has 0 spiro atoms. The Bertz CT molecular complexity index is 570. The Morgan fingerprint density at radius 1 is 1.38 bits per heavy atom. The number of aromatic hydroxyl groups is 1. The first kappa shape index (κ1) is 18.4. The van der Waals surface area contributed by atoms with E-state index in [-0.39, 0.29) is 34.5 Å². The quantitative estimate of drug-likeness (QED) is 0.740. The van der Waals surface area contributed by atoms with Crippen molar-refractivity contribution in [2.45, 2.75) is 37.2 Å². The highest BCUT2D eigenvalue weighted by Crippen LogP contribution is 2.28. The summed E-state index contributed by atoms with van der Waals surface area (Å²) in [5, 5.41) is 23.4. The summed E-state index contributed by atoms with van der Waals surface area (Å²) in [5.41, 5.74) is 0.973. The molecular formula is C14H22BrNO4S. The van der Waals surface area contributed by atoms with E-state index in [1.54, 1.807) is 12.1 Å². The Balaban J connectivity index is 0.00000220. The van der Waals surface area contributed by atoms with E-state index in [0.717, 1.165) is 32.1 Å². The molecule has 5 nitrogen and oxygen atoms in total. The minimum absolute atomic E-state index is 0. The molecule has 1 saturated heterocycles. The maximum Gasteiger partial charge on any atom is 0.151 e. The predicted octanol–water partition coefficient (Wildman–Crippen LogP) is 1.69. The van der Waals surface area contributed by atoms with Crippen LogP contribution < -0.4 is 5.32 Å². The molecule has 2 unspecified atom stereocenters. The van der Waals surface area contributed by atoms with Gasteiger partial charge in [0.1, 0.15) is 5.75 Å². The average molecular weight is 380 g/mol. The Kier molecular flexibility index (Phi) is 6.65. The smallest absolute Gasteiger partial charge is 0.151 e. The third kappa shape index (κ3) is 5.25. The Morgan fingerprint density at radius 2 is 2.10 bits per heavy atom. The standard InChI is InChI=1S/C14H21NO4S.BrH/c1-20(18,19)9-11-8-10(5-6-13(11)16)14(17)12-4-2-3-7-15-12;/h5-6,8,12,14-17H,2-4,7,9H2,1H3;1H. The molecule has 1 aliphatic heterocycles. The maximum atomic E-state index is 11.3. The van der Waals surface area contributed by atoms with Crippen molar-refractivity contribution in [3.63, 3.8) is 0 Å². The molecule has 1 fully saturated rings. The van der Waals surface area contributed by atoms with Gasteiger partial charge in [-0.25, -0.2) is 8.42 Å². The largest absolute Gasteiger partial charge is 0.508 e. The van der Waals surface area contributed by atoms with E-state index in [1.807, 2.05) is 0 Å². The molecule has 2 atom stereocenters. The summed E-state index contributed by atoms with van der Waals surface area (Å²) in [6, 6.07) is 4.65. The molecule has 7 heteroatoms. The summed E-state index contributed by atoms with van der Waals surface area (Å²) in [5.74, 6) is -0.278. The number of phenols is 1. The van der Waals surface area contributed by atoms with Gasteiger partial charge in [-0.3, -0.25) is 0 Å². The first-order valence-corrected chi connectivity index (χ1v) is 8.84. The van der Waals surface area contributed by atoms with Gasteiger partial charge in [-0.2, -0.15) is 0 Å². The van der Waals surface area contributed by atoms with Crippen LogP contribution in [0.2, 0.25) is 0 Å². The zero-order valence-corrected chi connectivity index (χ0v) is 14.5. The third-order valence-corrected chi connectivity index (χ3v) is 4.43. The lowest BCUT2D eigenvalue weighted by Gasteiger charge is -2.28. The van der Waals surface area contributed by atoms with Gasteiger partial charge < -0.3 is 15.5 Å². The molecule has 1 aliphatic rings. The van der Waals surface area contributed by atoms with Crippen LogP contribution in [0, 0.1) is 0 Å². The monoisotopic (exact) mass is 379 g/mol. The van der Waals surface area contributed by atoms with Crippen molar-refractivity contribution in [1.29, 1.82) is 0 Å². The molecule has 0 saturated carbocycles. The number of aliphatic hydroxyl groups is 1. The second kappa shape index (κ2) is 7.58. The van der Waals surface area contributed by atoms with Crippen LogP contribution in [0.25, 0.3) is 0 Å². The summed E-state index contributed by atoms with van der Waals surface area (Å²) in [4.78, 5) is 0. The van der Waals surface area contributed by atoms with Crippen molar-refractivity contribution in [2.75, 3.05) is 12.8 Å². The highest BCUT2D eigenvalue weighted by molar-refractivity contribution is 8.93. The van der Waals surface area contributed by atoms with Crippen LogP contribution in [0.4, 0.5) is 0 Å². The number of benzene rings is 1. The summed E-state index contributed by atoms with van der Waals surface area (Å²) in [6.45, 7) is 0.885. The van der Waals surface area contributed by atoms with Crippen LogP contribution in [0.15, 0.2) is 18.2 Å². The second-order valence-corrected chi connectivity index (χ2v) is 7.60.